The topological polar surface area (TPSA) is 49.8 Å². The maximum absolute atomic E-state index is 4.49. The molecular weight excluding hydrogens is 248 g/mol. The van der Waals surface area contributed by atoms with Gasteiger partial charge in [-0.25, -0.2) is 4.98 Å². The van der Waals surface area contributed by atoms with E-state index in [0.29, 0.717) is 5.95 Å². The fourth-order valence-electron chi connectivity index (χ4n) is 1.92. The van der Waals surface area contributed by atoms with E-state index < -0.39 is 0 Å². The number of hydrogen-bond acceptors (Lipinski definition) is 4. The average Bonchev–Trinajstić information content (AvgIpc) is 2.40. The largest absolute Gasteiger partial charge is 0.354 e. The van der Waals surface area contributed by atoms with Gasteiger partial charge in [-0.05, 0) is 50.5 Å². The SMILES string of the molecule is CCCNc1nc(C)cc(Nc2ccc(C)c(C)c2)n1. The zero-order valence-corrected chi connectivity index (χ0v) is 12.6. The standard InChI is InChI=1S/C16H22N4/c1-5-8-17-16-18-13(4)10-15(20-16)19-14-7-6-11(2)12(3)9-14/h6-7,9-10H,5,8H2,1-4H3,(H2,17,18,19,20). The van der Waals surface area contributed by atoms with Crippen molar-refractivity contribution in [2.45, 2.75) is 34.1 Å². The molecule has 20 heavy (non-hydrogen) atoms. The molecule has 0 atom stereocenters. The van der Waals surface area contributed by atoms with Crippen LogP contribution < -0.4 is 10.6 Å². The summed E-state index contributed by atoms with van der Waals surface area (Å²) >= 11 is 0. The highest BCUT2D eigenvalue weighted by Crippen LogP contribution is 2.19. The lowest BCUT2D eigenvalue weighted by atomic mass is 10.1. The summed E-state index contributed by atoms with van der Waals surface area (Å²) in [6, 6.07) is 8.26. The highest BCUT2D eigenvalue weighted by molar-refractivity contribution is 5.59. The zero-order valence-electron chi connectivity index (χ0n) is 12.6. The van der Waals surface area contributed by atoms with Gasteiger partial charge in [0.1, 0.15) is 5.82 Å². The number of benzene rings is 1. The molecule has 0 radical (unpaired) electrons. The molecule has 4 nitrogen and oxygen atoms in total. The van der Waals surface area contributed by atoms with Crippen molar-refractivity contribution in [3.05, 3.63) is 41.1 Å². The molecule has 2 rings (SSSR count). The number of rotatable bonds is 5. The minimum atomic E-state index is 0.679. The fourth-order valence-corrected chi connectivity index (χ4v) is 1.92. The molecule has 0 spiro atoms. The molecule has 0 aliphatic heterocycles. The first-order chi connectivity index (χ1) is 9.58. The molecule has 0 aliphatic carbocycles. The Bertz CT molecular complexity index is 593. The summed E-state index contributed by atoms with van der Waals surface area (Å²) < 4.78 is 0. The van der Waals surface area contributed by atoms with Crippen molar-refractivity contribution in [2.75, 3.05) is 17.2 Å². The lowest BCUT2D eigenvalue weighted by Crippen LogP contribution is -2.06. The van der Waals surface area contributed by atoms with Gasteiger partial charge in [0, 0.05) is 24.0 Å². The summed E-state index contributed by atoms with van der Waals surface area (Å²) in [5.74, 6) is 1.50. The first-order valence-electron chi connectivity index (χ1n) is 7.02. The molecular formula is C16H22N4. The maximum atomic E-state index is 4.49. The van der Waals surface area contributed by atoms with Crippen LogP contribution in [-0.4, -0.2) is 16.5 Å². The smallest absolute Gasteiger partial charge is 0.224 e. The molecule has 106 valence electrons. The van der Waals surface area contributed by atoms with Gasteiger partial charge in [-0.3, -0.25) is 0 Å². The van der Waals surface area contributed by atoms with Gasteiger partial charge in [-0.2, -0.15) is 4.98 Å². The molecule has 0 saturated carbocycles. The van der Waals surface area contributed by atoms with E-state index in [1.165, 1.54) is 11.1 Å². The van der Waals surface area contributed by atoms with E-state index in [2.05, 4.69) is 59.6 Å². The number of anilines is 3. The van der Waals surface area contributed by atoms with Crippen molar-refractivity contribution in [1.82, 2.24) is 9.97 Å². The van der Waals surface area contributed by atoms with Crippen LogP contribution in [-0.2, 0) is 0 Å². The van der Waals surface area contributed by atoms with Crippen LogP contribution in [0.2, 0.25) is 0 Å². The Balaban J connectivity index is 2.19. The Morgan fingerprint density at radius 2 is 1.80 bits per heavy atom. The lowest BCUT2D eigenvalue weighted by molar-refractivity contribution is 0.947. The predicted molar refractivity (Wildman–Crippen MR) is 84.7 cm³/mol. The van der Waals surface area contributed by atoms with E-state index in [0.717, 1.165) is 30.2 Å². The van der Waals surface area contributed by atoms with Gasteiger partial charge in [-0.15, -0.1) is 0 Å². The van der Waals surface area contributed by atoms with Crippen molar-refractivity contribution >= 4 is 17.5 Å². The molecule has 1 aromatic heterocycles. The summed E-state index contributed by atoms with van der Waals surface area (Å²) in [6.07, 6.45) is 1.05. The van der Waals surface area contributed by atoms with Crippen LogP contribution in [0.3, 0.4) is 0 Å². The van der Waals surface area contributed by atoms with Gasteiger partial charge in [0.15, 0.2) is 0 Å². The summed E-state index contributed by atoms with van der Waals surface area (Å²) in [7, 11) is 0. The molecule has 4 heteroatoms. The molecule has 0 fully saturated rings. The molecule has 2 N–H and O–H groups in total. The average molecular weight is 270 g/mol. The highest BCUT2D eigenvalue weighted by Gasteiger charge is 2.03. The Morgan fingerprint density at radius 1 is 1.00 bits per heavy atom. The molecule has 0 bridgehead atoms. The summed E-state index contributed by atoms with van der Waals surface area (Å²) in [4.78, 5) is 8.87. The van der Waals surface area contributed by atoms with Crippen molar-refractivity contribution in [2.24, 2.45) is 0 Å². The van der Waals surface area contributed by atoms with Crippen LogP contribution in [0.4, 0.5) is 17.5 Å². The lowest BCUT2D eigenvalue weighted by Gasteiger charge is -2.10. The molecule has 1 heterocycles. The van der Waals surface area contributed by atoms with Crippen molar-refractivity contribution in [3.63, 3.8) is 0 Å². The van der Waals surface area contributed by atoms with Gasteiger partial charge in [0.05, 0.1) is 0 Å². The third-order valence-electron chi connectivity index (χ3n) is 3.17. The zero-order chi connectivity index (χ0) is 14.5. The van der Waals surface area contributed by atoms with Crippen LogP contribution in [0.1, 0.15) is 30.2 Å². The van der Waals surface area contributed by atoms with E-state index in [4.69, 9.17) is 0 Å². The molecule has 0 amide bonds. The van der Waals surface area contributed by atoms with Gasteiger partial charge < -0.3 is 10.6 Å². The second kappa shape index (κ2) is 6.37. The highest BCUT2D eigenvalue weighted by atomic mass is 15.1. The minimum Gasteiger partial charge on any atom is -0.354 e. The third kappa shape index (κ3) is 3.70. The van der Waals surface area contributed by atoms with Gasteiger partial charge in [0.25, 0.3) is 0 Å². The van der Waals surface area contributed by atoms with E-state index in [1.54, 1.807) is 0 Å². The molecule has 1 aromatic carbocycles. The maximum Gasteiger partial charge on any atom is 0.224 e. The Labute approximate surface area is 120 Å². The third-order valence-corrected chi connectivity index (χ3v) is 3.17. The van der Waals surface area contributed by atoms with E-state index in [-0.39, 0.29) is 0 Å². The van der Waals surface area contributed by atoms with Crippen molar-refractivity contribution < 1.29 is 0 Å². The Morgan fingerprint density at radius 3 is 2.50 bits per heavy atom. The van der Waals surface area contributed by atoms with E-state index in [1.807, 2.05) is 13.0 Å². The number of nitrogens with one attached hydrogen (secondary N) is 2. The van der Waals surface area contributed by atoms with E-state index >= 15 is 0 Å². The number of nitrogens with zero attached hydrogens (tertiary/aromatic N) is 2. The first-order valence-corrected chi connectivity index (χ1v) is 7.02. The monoisotopic (exact) mass is 270 g/mol. The number of aromatic nitrogens is 2. The number of aryl methyl sites for hydroxylation is 3. The summed E-state index contributed by atoms with van der Waals surface area (Å²) in [5, 5.41) is 6.56. The summed E-state index contributed by atoms with van der Waals surface area (Å²) in [6.45, 7) is 9.20. The van der Waals surface area contributed by atoms with Crippen molar-refractivity contribution in [1.29, 1.82) is 0 Å². The van der Waals surface area contributed by atoms with Crippen molar-refractivity contribution in [3.8, 4) is 0 Å². The van der Waals surface area contributed by atoms with Crippen LogP contribution in [0, 0.1) is 20.8 Å². The van der Waals surface area contributed by atoms with Gasteiger partial charge in [-0.1, -0.05) is 13.0 Å². The van der Waals surface area contributed by atoms with Gasteiger partial charge in [0.2, 0.25) is 5.95 Å². The molecule has 0 saturated heterocycles. The Hall–Kier alpha value is -2.10. The van der Waals surface area contributed by atoms with Crippen LogP contribution >= 0.6 is 0 Å². The molecule has 2 aromatic rings. The number of hydrogen-bond donors (Lipinski definition) is 2. The van der Waals surface area contributed by atoms with Crippen LogP contribution in [0.25, 0.3) is 0 Å². The predicted octanol–water partition coefficient (Wildman–Crippen LogP) is 3.97. The summed E-state index contributed by atoms with van der Waals surface area (Å²) in [5.41, 5.74) is 4.56. The molecule has 0 unspecified atom stereocenters. The Kier molecular flexibility index (Phi) is 4.56. The first kappa shape index (κ1) is 14.3. The van der Waals surface area contributed by atoms with Gasteiger partial charge >= 0.3 is 0 Å². The minimum absolute atomic E-state index is 0.679. The normalized spacial score (nSPS) is 10.4. The van der Waals surface area contributed by atoms with E-state index in [9.17, 15) is 0 Å². The second-order valence-corrected chi connectivity index (χ2v) is 5.07. The van der Waals surface area contributed by atoms with Crippen LogP contribution in [0.5, 0.6) is 0 Å². The quantitative estimate of drug-likeness (QED) is 0.863. The second-order valence-electron chi connectivity index (χ2n) is 5.07. The fraction of sp³-hybridized carbons (Fsp3) is 0.375. The van der Waals surface area contributed by atoms with Crippen LogP contribution in [0.15, 0.2) is 24.3 Å². The molecule has 0 aliphatic rings.